The maximum Gasteiger partial charge on any atom is 0.264 e. The van der Waals surface area contributed by atoms with E-state index in [1.54, 1.807) is 10.6 Å². The lowest BCUT2D eigenvalue weighted by Gasteiger charge is -2.18. The van der Waals surface area contributed by atoms with Crippen LogP contribution in [-0.2, 0) is 38.8 Å². The third-order valence-electron chi connectivity index (χ3n) is 4.30. The van der Waals surface area contributed by atoms with Gasteiger partial charge in [-0.3, -0.25) is 9.17 Å². The zero-order chi connectivity index (χ0) is 21.1. The van der Waals surface area contributed by atoms with Crippen molar-refractivity contribution in [2.45, 2.75) is 59.3 Å². The molecule has 0 fully saturated rings. The standard InChI is InChI=1S/C19H31FN2O4SSi/c1-14(2)9-16-17(20)11-21-18-10-15(12-26-27(3,23)24)22(19(16)18)13-25-7-8-28(4,5)6/h10-11,14H,7-9,12-13H2,1-6H3. The Hall–Kier alpha value is -1.29. The van der Waals surface area contributed by atoms with Crippen LogP contribution in [0.1, 0.15) is 25.1 Å². The zero-order valence-electron chi connectivity index (χ0n) is 17.6. The van der Waals surface area contributed by atoms with Crippen LogP contribution >= 0.6 is 0 Å². The summed E-state index contributed by atoms with van der Waals surface area (Å²) in [6.07, 6.45) is 2.78. The van der Waals surface area contributed by atoms with E-state index in [1.807, 2.05) is 13.8 Å². The van der Waals surface area contributed by atoms with Crippen molar-refractivity contribution in [3.8, 4) is 0 Å². The number of pyridine rings is 1. The lowest BCUT2D eigenvalue weighted by molar-refractivity contribution is 0.0861. The zero-order valence-corrected chi connectivity index (χ0v) is 19.4. The summed E-state index contributed by atoms with van der Waals surface area (Å²) in [6.45, 7) is 11.5. The average molecular weight is 431 g/mol. The second-order valence-corrected chi connectivity index (χ2v) is 16.1. The SMILES string of the molecule is CC(C)Cc1c(F)cnc2cc(COS(C)(=O)=O)n(COCC[Si](C)(C)C)c12. The van der Waals surface area contributed by atoms with Crippen LogP contribution in [-0.4, -0.2) is 38.9 Å². The van der Waals surface area contributed by atoms with Crippen LogP contribution in [0.5, 0.6) is 0 Å². The highest BCUT2D eigenvalue weighted by Gasteiger charge is 2.19. The number of aromatic nitrogens is 2. The summed E-state index contributed by atoms with van der Waals surface area (Å²) < 4.78 is 50.1. The van der Waals surface area contributed by atoms with Gasteiger partial charge in [0.05, 0.1) is 23.5 Å². The van der Waals surface area contributed by atoms with Gasteiger partial charge in [-0.05, 0) is 24.4 Å². The molecule has 2 rings (SSSR count). The molecule has 0 amide bonds. The van der Waals surface area contributed by atoms with E-state index in [2.05, 4.69) is 24.6 Å². The van der Waals surface area contributed by atoms with Crippen LogP contribution < -0.4 is 0 Å². The minimum absolute atomic E-state index is 0.144. The molecule has 6 nitrogen and oxygen atoms in total. The topological polar surface area (TPSA) is 70.4 Å². The molecule has 0 aliphatic carbocycles. The molecule has 0 aromatic carbocycles. The first kappa shape index (κ1) is 23.0. The second kappa shape index (κ2) is 9.02. The van der Waals surface area contributed by atoms with Gasteiger partial charge in [-0.1, -0.05) is 33.5 Å². The van der Waals surface area contributed by atoms with E-state index < -0.39 is 18.2 Å². The van der Waals surface area contributed by atoms with Crippen molar-refractivity contribution < 1.29 is 21.7 Å². The van der Waals surface area contributed by atoms with Crippen molar-refractivity contribution >= 4 is 29.2 Å². The highest BCUT2D eigenvalue weighted by Crippen LogP contribution is 2.27. The Kier molecular flexibility index (Phi) is 7.41. The van der Waals surface area contributed by atoms with Crippen LogP contribution in [0, 0.1) is 11.7 Å². The van der Waals surface area contributed by atoms with Crippen LogP contribution in [0.2, 0.25) is 25.7 Å². The van der Waals surface area contributed by atoms with Crippen molar-refractivity contribution in [3.63, 3.8) is 0 Å². The number of rotatable bonds is 10. The maximum atomic E-state index is 14.6. The predicted molar refractivity (Wildman–Crippen MR) is 112 cm³/mol. The van der Waals surface area contributed by atoms with Gasteiger partial charge in [-0.15, -0.1) is 0 Å². The first-order chi connectivity index (χ1) is 12.9. The van der Waals surface area contributed by atoms with E-state index in [-0.39, 0.29) is 25.1 Å². The minimum atomic E-state index is -3.60. The van der Waals surface area contributed by atoms with Crippen LogP contribution in [0.15, 0.2) is 12.3 Å². The van der Waals surface area contributed by atoms with Crippen LogP contribution in [0.4, 0.5) is 4.39 Å². The number of fused-ring (bicyclic) bond motifs is 1. The Labute approximate surface area is 168 Å². The number of halogens is 1. The second-order valence-electron chi connectivity index (χ2n) is 8.79. The van der Waals surface area contributed by atoms with Gasteiger partial charge in [0.25, 0.3) is 10.1 Å². The van der Waals surface area contributed by atoms with Crippen molar-refractivity contribution in [2.24, 2.45) is 5.92 Å². The van der Waals surface area contributed by atoms with Crippen molar-refractivity contribution in [1.82, 2.24) is 9.55 Å². The van der Waals surface area contributed by atoms with Gasteiger partial charge in [-0.2, -0.15) is 8.42 Å². The summed E-state index contributed by atoms with van der Waals surface area (Å²) in [7, 11) is -4.84. The molecule has 9 heteroatoms. The van der Waals surface area contributed by atoms with E-state index in [1.165, 1.54) is 6.20 Å². The molecule has 2 aromatic heterocycles. The smallest absolute Gasteiger partial charge is 0.264 e. The quantitative estimate of drug-likeness (QED) is 0.321. The summed E-state index contributed by atoms with van der Waals surface area (Å²) in [4.78, 5) is 4.19. The molecule has 2 heterocycles. The van der Waals surface area contributed by atoms with E-state index in [4.69, 9.17) is 8.92 Å². The first-order valence-corrected chi connectivity index (χ1v) is 15.0. The third kappa shape index (κ3) is 6.65. The summed E-state index contributed by atoms with van der Waals surface area (Å²) >= 11 is 0. The monoisotopic (exact) mass is 430 g/mol. The molecular formula is C19H31FN2O4SSi. The molecule has 0 aliphatic rings. The molecule has 0 N–H and O–H groups in total. The van der Waals surface area contributed by atoms with Crippen LogP contribution in [0.3, 0.4) is 0 Å². The fourth-order valence-electron chi connectivity index (χ4n) is 2.89. The highest BCUT2D eigenvalue weighted by molar-refractivity contribution is 7.85. The Morgan fingerprint density at radius 1 is 1.29 bits per heavy atom. The number of hydrogen-bond acceptors (Lipinski definition) is 5. The fourth-order valence-corrected chi connectivity index (χ4v) is 3.98. The Morgan fingerprint density at radius 2 is 1.96 bits per heavy atom. The molecule has 0 atom stereocenters. The molecular weight excluding hydrogens is 399 g/mol. The van der Waals surface area contributed by atoms with Crippen molar-refractivity contribution in [2.75, 3.05) is 12.9 Å². The van der Waals surface area contributed by atoms with Crippen molar-refractivity contribution in [1.29, 1.82) is 0 Å². The van der Waals surface area contributed by atoms with Gasteiger partial charge < -0.3 is 9.30 Å². The van der Waals surface area contributed by atoms with Crippen molar-refractivity contribution in [3.05, 3.63) is 29.3 Å². The number of ether oxygens (including phenoxy) is 1. The fraction of sp³-hybridized carbons (Fsp3) is 0.632. The number of nitrogens with zero attached hydrogens (tertiary/aromatic N) is 2. The molecule has 0 spiro atoms. The third-order valence-corrected chi connectivity index (χ3v) is 6.55. The Bertz CT molecular complexity index is 920. The van der Waals surface area contributed by atoms with Gasteiger partial charge in [0.1, 0.15) is 19.2 Å². The summed E-state index contributed by atoms with van der Waals surface area (Å²) in [5.41, 5.74) is 2.42. The predicted octanol–water partition coefficient (Wildman–Crippen LogP) is 4.16. The highest BCUT2D eigenvalue weighted by atomic mass is 32.2. The largest absolute Gasteiger partial charge is 0.361 e. The first-order valence-electron chi connectivity index (χ1n) is 9.45. The molecule has 0 bridgehead atoms. The Balaban J connectivity index is 2.42. The Morgan fingerprint density at radius 3 is 2.54 bits per heavy atom. The van der Waals surface area contributed by atoms with E-state index >= 15 is 0 Å². The van der Waals surface area contributed by atoms with Gasteiger partial charge in [0, 0.05) is 25.9 Å². The van der Waals surface area contributed by atoms with Gasteiger partial charge >= 0.3 is 0 Å². The van der Waals surface area contributed by atoms with Crippen LogP contribution in [0.25, 0.3) is 11.0 Å². The lowest BCUT2D eigenvalue weighted by atomic mass is 10.0. The molecule has 0 radical (unpaired) electrons. The number of hydrogen-bond donors (Lipinski definition) is 0. The average Bonchev–Trinajstić information content (AvgIpc) is 2.88. The van der Waals surface area contributed by atoms with E-state index in [0.717, 1.165) is 12.3 Å². The van der Waals surface area contributed by atoms with Gasteiger partial charge in [0.2, 0.25) is 0 Å². The summed E-state index contributed by atoms with van der Waals surface area (Å²) in [6, 6.07) is 2.75. The molecule has 0 saturated heterocycles. The van der Waals surface area contributed by atoms with Gasteiger partial charge in [0.15, 0.2) is 0 Å². The minimum Gasteiger partial charge on any atom is -0.361 e. The molecule has 28 heavy (non-hydrogen) atoms. The molecule has 0 saturated carbocycles. The lowest BCUT2D eigenvalue weighted by Crippen LogP contribution is -2.22. The normalized spacial score (nSPS) is 13.0. The molecule has 0 unspecified atom stereocenters. The maximum absolute atomic E-state index is 14.6. The van der Waals surface area contributed by atoms with Gasteiger partial charge in [-0.25, -0.2) is 4.39 Å². The molecule has 158 valence electrons. The van der Waals surface area contributed by atoms with E-state index in [0.29, 0.717) is 35.3 Å². The summed E-state index contributed by atoms with van der Waals surface area (Å²) in [5, 5.41) is 0. The van der Waals surface area contributed by atoms with E-state index in [9.17, 15) is 12.8 Å². The summed E-state index contributed by atoms with van der Waals surface area (Å²) in [5.74, 6) is -0.106. The molecule has 0 aliphatic heterocycles. The molecule has 2 aromatic rings.